The van der Waals surface area contributed by atoms with Gasteiger partial charge in [-0.25, -0.2) is 4.39 Å². The van der Waals surface area contributed by atoms with Gasteiger partial charge in [-0.05, 0) is 67.8 Å². The predicted molar refractivity (Wildman–Crippen MR) is 84.1 cm³/mol. The van der Waals surface area contributed by atoms with E-state index in [1.54, 1.807) is 12.1 Å². The molecule has 0 spiro atoms. The van der Waals surface area contributed by atoms with Crippen molar-refractivity contribution in [2.45, 2.75) is 46.6 Å². The average Bonchev–Trinajstić information content (AvgIpc) is 2.90. The zero-order chi connectivity index (χ0) is 15.4. The van der Waals surface area contributed by atoms with Crippen molar-refractivity contribution in [3.8, 4) is 0 Å². The van der Waals surface area contributed by atoms with Crippen LogP contribution >= 0.6 is 0 Å². The van der Waals surface area contributed by atoms with Gasteiger partial charge in [0, 0.05) is 6.42 Å². The van der Waals surface area contributed by atoms with Crippen molar-refractivity contribution < 1.29 is 8.81 Å². The highest BCUT2D eigenvalue weighted by molar-refractivity contribution is 5.40. The Labute approximate surface area is 126 Å². The summed E-state index contributed by atoms with van der Waals surface area (Å²) < 4.78 is 19.5. The van der Waals surface area contributed by atoms with E-state index in [2.05, 4.69) is 19.2 Å². The molecule has 1 heterocycles. The normalized spacial score (nSPS) is 12.6. The Morgan fingerprint density at radius 3 is 2.33 bits per heavy atom. The Morgan fingerprint density at radius 2 is 1.81 bits per heavy atom. The number of hydrogen-bond donors (Lipinski definition) is 1. The van der Waals surface area contributed by atoms with Gasteiger partial charge >= 0.3 is 0 Å². The van der Waals surface area contributed by atoms with Gasteiger partial charge in [-0.15, -0.1) is 0 Å². The van der Waals surface area contributed by atoms with Crippen molar-refractivity contribution in [2.75, 3.05) is 6.54 Å². The van der Waals surface area contributed by atoms with Crippen LogP contribution in [0.3, 0.4) is 0 Å². The van der Waals surface area contributed by atoms with Crippen LogP contribution < -0.4 is 5.32 Å². The second kappa shape index (κ2) is 6.90. The van der Waals surface area contributed by atoms with Crippen LogP contribution in [0, 0.1) is 19.7 Å². The molecule has 0 aliphatic rings. The summed E-state index contributed by atoms with van der Waals surface area (Å²) in [5, 5.41) is 3.52. The largest absolute Gasteiger partial charge is 0.464 e. The molecule has 1 atom stereocenters. The third kappa shape index (κ3) is 3.53. The molecular formula is C18H24FNO. The molecule has 0 aliphatic heterocycles. The molecule has 1 aromatic heterocycles. The fourth-order valence-corrected chi connectivity index (χ4v) is 2.75. The van der Waals surface area contributed by atoms with Gasteiger partial charge in [0.1, 0.15) is 17.3 Å². The minimum absolute atomic E-state index is 0.0224. The van der Waals surface area contributed by atoms with E-state index >= 15 is 0 Å². The minimum atomic E-state index is -0.184. The van der Waals surface area contributed by atoms with Gasteiger partial charge in [-0.3, -0.25) is 0 Å². The van der Waals surface area contributed by atoms with Crippen LogP contribution in [-0.4, -0.2) is 6.54 Å². The Morgan fingerprint density at radius 1 is 1.14 bits per heavy atom. The maximum Gasteiger partial charge on any atom is 0.125 e. The van der Waals surface area contributed by atoms with Crippen LogP contribution in [0.25, 0.3) is 0 Å². The minimum Gasteiger partial charge on any atom is -0.464 e. The zero-order valence-electron chi connectivity index (χ0n) is 13.3. The monoisotopic (exact) mass is 289 g/mol. The van der Waals surface area contributed by atoms with E-state index in [-0.39, 0.29) is 11.9 Å². The van der Waals surface area contributed by atoms with Crippen LogP contribution in [0.1, 0.15) is 54.5 Å². The summed E-state index contributed by atoms with van der Waals surface area (Å²) in [6, 6.07) is 7.20. The Bertz CT molecular complexity index is 580. The van der Waals surface area contributed by atoms with E-state index in [4.69, 9.17) is 4.42 Å². The standard InChI is InChI=1S/C18H24FNO/c1-5-9-20-18(16-8-7-15(6-2)21-16)17-12(3)10-14(19)11-13(17)4/h7-8,10-11,18,20H,5-6,9H2,1-4H3. The van der Waals surface area contributed by atoms with Gasteiger partial charge in [0.05, 0.1) is 6.04 Å². The molecule has 2 rings (SSSR count). The van der Waals surface area contributed by atoms with Gasteiger partial charge in [-0.2, -0.15) is 0 Å². The zero-order valence-corrected chi connectivity index (χ0v) is 13.3. The van der Waals surface area contributed by atoms with Gasteiger partial charge in [0.25, 0.3) is 0 Å². The average molecular weight is 289 g/mol. The molecule has 1 aromatic carbocycles. The van der Waals surface area contributed by atoms with Gasteiger partial charge in [0.15, 0.2) is 0 Å². The van der Waals surface area contributed by atoms with Crippen LogP contribution in [0.15, 0.2) is 28.7 Å². The fraction of sp³-hybridized carbons (Fsp3) is 0.444. The number of furan rings is 1. The van der Waals surface area contributed by atoms with Crippen LogP contribution in [0.5, 0.6) is 0 Å². The molecule has 21 heavy (non-hydrogen) atoms. The molecule has 3 heteroatoms. The molecule has 2 aromatic rings. The summed E-state index contributed by atoms with van der Waals surface area (Å²) >= 11 is 0. The summed E-state index contributed by atoms with van der Waals surface area (Å²) in [4.78, 5) is 0. The lowest BCUT2D eigenvalue weighted by Gasteiger charge is -2.21. The third-order valence-corrected chi connectivity index (χ3v) is 3.76. The molecule has 1 N–H and O–H groups in total. The second-order valence-corrected chi connectivity index (χ2v) is 5.50. The van der Waals surface area contributed by atoms with Gasteiger partial charge in [-0.1, -0.05) is 13.8 Å². The molecular weight excluding hydrogens is 265 g/mol. The number of hydrogen-bond acceptors (Lipinski definition) is 2. The molecule has 2 nitrogen and oxygen atoms in total. The predicted octanol–water partition coefficient (Wildman–Crippen LogP) is 4.69. The second-order valence-electron chi connectivity index (χ2n) is 5.50. The first-order chi connectivity index (χ1) is 10.1. The maximum atomic E-state index is 13.5. The number of aryl methyl sites for hydroxylation is 3. The van der Waals surface area contributed by atoms with Crippen molar-refractivity contribution in [1.29, 1.82) is 0 Å². The quantitative estimate of drug-likeness (QED) is 0.834. The van der Waals surface area contributed by atoms with Crippen molar-refractivity contribution in [3.63, 3.8) is 0 Å². The van der Waals surface area contributed by atoms with Crippen molar-refractivity contribution in [3.05, 3.63) is 58.3 Å². The highest BCUT2D eigenvalue weighted by atomic mass is 19.1. The van der Waals surface area contributed by atoms with Gasteiger partial charge in [0.2, 0.25) is 0 Å². The van der Waals surface area contributed by atoms with Crippen LogP contribution in [0.4, 0.5) is 4.39 Å². The Hall–Kier alpha value is -1.61. The molecule has 0 saturated carbocycles. The number of halogens is 1. The first-order valence-electron chi connectivity index (χ1n) is 7.65. The molecule has 0 radical (unpaired) electrons. The van der Waals surface area contributed by atoms with E-state index in [0.29, 0.717) is 0 Å². The van der Waals surface area contributed by atoms with Crippen LogP contribution in [-0.2, 0) is 6.42 Å². The number of rotatable bonds is 6. The lowest BCUT2D eigenvalue weighted by molar-refractivity contribution is 0.420. The summed E-state index contributed by atoms with van der Waals surface area (Å²) in [5.74, 6) is 1.69. The third-order valence-electron chi connectivity index (χ3n) is 3.76. The summed E-state index contributed by atoms with van der Waals surface area (Å²) in [5.41, 5.74) is 3.02. The number of benzene rings is 1. The molecule has 1 unspecified atom stereocenters. The van der Waals surface area contributed by atoms with Crippen LogP contribution in [0.2, 0.25) is 0 Å². The topological polar surface area (TPSA) is 25.2 Å². The smallest absolute Gasteiger partial charge is 0.125 e. The van der Waals surface area contributed by atoms with Gasteiger partial charge < -0.3 is 9.73 Å². The summed E-state index contributed by atoms with van der Waals surface area (Å²) in [7, 11) is 0. The molecule has 0 fully saturated rings. The summed E-state index contributed by atoms with van der Waals surface area (Å²) in [6.07, 6.45) is 1.92. The van der Waals surface area contributed by atoms with Crippen molar-refractivity contribution in [1.82, 2.24) is 5.32 Å². The first-order valence-corrected chi connectivity index (χ1v) is 7.65. The Balaban J connectivity index is 2.45. The van der Waals surface area contributed by atoms with E-state index in [1.807, 2.05) is 26.0 Å². The lowest BCUT2D eigenvalue weighted by atomic mass is 9.94. The maximum absolute atomic E-state index is 13.5. The Kier molecular flexibility index (Phi) is 5.18. The number of nitrogens with one attached hydrogen (secondary N) is 1. The molecule has 0 saturated heterocycles. The summed E-state index contributed by atoms with van der Waals surface area (Å²) in [6.45, 7) is 9.01. The first kappa shape index (κ1) is 15.8. The van der Waals surface area contributed by atoms with Crippen molar-refractivity contribution in [2.24, 2.45) is 0 Å². The fourth-order valence-electron chi connectivity index (χ4n) is 2.75. The highest BCUT2D eigenvalue weighted by Gasteiger charge is 2.21. The van der Waals surface area contributed by atoms with E-state index in [1.165, 1.54) is 0 Å². The van der Waals surface area contributed by atoms with E-state index < -0.39 is 0 Å². The van der Waals surface area contributed by atoms with E-state index in [9.17, 15) is 4.39 Å². The van der Waals surface area contributed by atoms with Crippen molar-refractivity contribution >= 4 is 0 Å². The molecule has 0 aliphatic carbocycles. The molecule has 0 amide bonds. The highest BCUT2D eigenvalue weighted by Crippen LogP contribution is 2.30. The SMILES string of the molecule is CCCNC(c1ccc(CC)o1)c1c(C)cc(F)cc1C. The molecule has 114 valence electrons. The lowest BCUT2D eigenvalue weighted by Crippen LogP contribution is -2.24. The van der Waals surface area contributed by atoms with E-state index in [0.717, 1.165) is 47.6 Å². The molecule has 0 bridgehead atoms.